The van der Waals surface area contributed by atoms with Crippen LogP contribution in [0.15, 0.2) is 93.6 Å². The van der Waals surface area contributed by atoms with Crippen molar-refractivity contribution in [1.29, 1.82) is 0 Å². The third kappa shape index (κ3) is 4.18. The van der Waals surface area contributed by atoms with Gasteiger partial charge in [0.25, 0.3) is 5.91 Å². The molecule has 6 heteroatoms. The van der Waals surface area contributed by atoms with E-state index in [-0.39, 0.29) is 5.91 Å². The molecule has 1 amide bonds. The van der Waals surface area contributed by atoms with Crippen LogP contribution in [0.2, 0.25) is 5.02 Å². The molecule has 0 radical (unpaired) electrons. The molecule has 1 heterocycles. The van der Waals surface area contributed by atoms with Gasteiger partial charge in [0.1, 0.15) is 0 Å². The molecule has 1 aliphatic rings. The lowest BCUT2D eigenvalue weighted by Crippen LogP contribution is -2.27. The number of hydrogen-bond donors (Lipinski definition) is 0. The normalized spacial score (nSPS) is 15.5. The maximum absolute atomic E-state index is 13.0. The van der Waals surface area contributed by atoms with E-state index in [9.17, 15) is 4.79 Å². The molecular formula is C22H14ClNOS3. The van der Waals surface area contributed by atoms with Crippen molar-refractivity contribution in [2.45, 2.75) is 9.79 Å². The summed E-state index contributed by atoms with van der Waals surface area (Å²) in [5, 5.41) is 0.710. The summed E-state index contributed by atoms with van der Waals surface area (Å²) in [5.74, 6) is -0.0903. The highest BCUT2D eigenvalue weighted by Crippen LogP contribution is 2.38. The summed E-state index contributed by atoms with van der Waals surface area (Å²) in [5.41, 5.74) is 1.77. The maximum Gasteiger partial charge on any atom is 0.270 e. The molecule has 1 aliphatic heterocycles. The fourth-order valence-corrected chi connectivity index (χ4v) is 5.06. The van der Waals surface area contributed by atoms with Gasteiger partial charge in [0, 0.05) is 14.8 Å². The van der Waals surface area contributed by atoms with Crippen molar-refractivity contribution in [3.05, 3.63) is 94.4 Å². The molecule has 3 aromatic carbocycles. The summed E-state index contributed by atoms with van der Waals surface area (Å²) in [7, 11) is 0. The van der Waals surface area contributed by atoms with Gasteiger partial charge in [-0.15, -0.1) is 0 Å². The molecule has 0 bridgehead atoms. The van der Waals surface area contributed by atoms with Gasteiger partial charge in [-0.05, 0) is 54.1 Å². The van der Waals surface area contributed by atoms with E-state index in [0.29, 0.717) is 14.2 Å². The number of carbonyl (C=O) groups excluding carboxylic acids is 1. The molecule has 0 aromatic heterocycles. The molecule has 28 heavy (non-hydrogen) atoms. The van der Waals surface area contributed by atoms with E-state index in [4.69, 9.17) is 23.8 Å². The Morgan fingerprint density at radius 3 is 2.36 bits per heavy atom. The summed E-state index contributed by atoms with van der Waals surface area (Å²) in [6.45, 7) is 0. The lowest BCUT2D eigenvalue weighted by atomic mass is 10.2. The Hall–Kier alpha value is -2.05. The molecule has 0 aliphatic carbocycles. The number of amides is 1. The van der Waals surface area contributed by atoms with E-state index in [1.165, 1.54) is 11.8 Å². The Morgan fingerprint density at radius 1 is 0.929 bits per heavy atom. The Morgan fingerprint density at radius 2 is 1.61 bits per heavy atom. The first-order chi connectivity index (χ1) is 13.6. The van der Waals surface area contributed by atoms with Crippen LogP contribution < -0.4 is 4.90 Å². The number of carbonyl (C=O) groups is 1. The molecule has 4 rings (SSSR count). The second-order valence-corrected chi connectivity index (χ2v) is 9.17. The van der Waals surface area contributed by atoms with Crippen LogP contribution in [0.5, 0.6) is 0 Å². The van der Waals surface area contributed by atoms with Crippen LogP contribution in [-0.2, 0) is 4.79 Å². The maximum atomic E-state index is 13.0. The van der Waals surface area contributed by atoms with Crippen LogP contribution in [0, 0.1) is 0 Å². The number of rotatable bonds is 4. The predicted molar refractivity (Wildman–Crippen MR) is 124 cm³/mol. The summed E-state index contributed by atoms with van der Waals surface area (Å²) in [6.07, 6.45) is 1.92. The van der Waals surface area contributed by atoms with Gasteiger partial charge in [-0.3, -0.25) is 9.69 Å². The molecular weight excluding hydrogens is 426 g/mol. The molecule has 138 valence electrons. The Labute approximate surface area is 182 Å². The van der Waals surface area contributed by atoms with Crippen molar-refractivity contribution in [3.8, 4) is 0 Å². The minimum atomic E-state index is -0.0903. The number of anilines is 1. The molecule has 2 nitrogen and oxygen atoms in total. The highest BCUT2D eigenvalue weighted by atomic mass is 35.5. The zero-order valence-corrected chi connectivity index (χ0v) is 17.7. The minimum Gasteiger partial charge on any atom is -0.268 e. The van der Waals surface area contributed by atoms with Crippen LogP contribution in [-0.4, -0.2) is 10.2 Å². The third-order valence-corrected chi connectivity index (χ3v) is 6.71. The topological polar surface area (TPSA) is 20.3 Å². The number of benzene rings is 3. The first kappa shape index (κ1) is 19.3. The van der Waals surface area contributed by atoms with Gasteiger partial charge < -0.3 is 0 Å². The van der Waals surface area contributed by atoms with Crippen molar-refractivity contribution in [2.75, 3.05) is 4.90 Å². The van der Waals surface area contributed by atoms with Crippen LogP contribution in [0.25, 0.3) is 6.08 Å². The van der Waals surface area contributed by atoms with Gasteiger partial charge in [-0.1, -0.05) is 83.7 Å². The molecule has 0 atom stereocenters. The van der Waals surface area contributed by atoms with Crippen LogP contribution in [0.3, 0.4) is 0 Å². The highest BCUT2D eigenvalue weighted by molar-refractivity contribution is 8.27. The largest absolute Gasteiger partial charge is 0.270 e. The number of halogens is 1. The molecule has 0 spiro atoms. The monoisotopic (exact) mass is 439 g/mol. The first-order valence-electron chi connectivity index (χ1n) is 8.47. The average Bonchev–Trinajstić information content (AvgIpc) is 2.99. The average molecular weight is 440 g/mol. The van der Waals surface area contributed by atoms with E-state index in [1.807, 2.05) is 84.9 Å². The number of thiocarbonyl (C=S) groups is 1. The Kier molecular flexibility index (Phi) is 5.87. The van der Waals surface area contributed by atoms with E-state index in [0.717, 1.165) is 21.0 Å². The third-order valence-electron chi connectivity index (χ3n) is 4.06. The smallest absolute Gasteiger partial charge is 0.268 e. The summed E-state index contributed by atoms with van der Waals surface area (Å²) in [6, 6.07) is 25.2. The number of para-hydroxylation sites is 1. The lowest BCUT2D eigenvalue weighted by molar-refractivity contribution is -0.113. The minimum absolute atomic E-state index is 0.0903. The zero-order valence-electron chi connectivity index (χ0n) is 14.5. The van der Waals surface area contributed by atoms with E-state index >= 15 is 0 Å². The van der Waals surface area contributed by atoms with Crippen molar-refractivity contribution < 1.29 is 4.79 Å². The van der Waals surface area contributed by atoms with Gasteiger partial charge in [0.2, 0.25) is 0 Å². The number of nitrogens with zero attached hydrogens (tertiary/aromatic N) is 1. The van der Waals surface area contributed by atoms with Crippen molar-refractivity contribution in [3.63, 3.8) is 0 Å². The second kappa shape index (κ2) is 8.53. The fraction of sp³-hybridized carbons (Fsp3) is 0. The van der Waals surface area contributed by atoms with Crippen molar-refractivity contribution in [2.24, 2.45) is 0 Å². The standard InChI is InChI=1S/C22H14ClNOS3/c23-16-10-12-18(13-11-16)27-19-9-5-4-6-15(19)14-20-21(25)24(22(26)28-20)17-7-2-1-3-8-17/h1-14H/b20-14+. The molecule has 3 aromatic rings. The Bertz CT molecular complexity index is 1060. The quantitative estimate of drug-likeness (QED) is 0.325. The van der Waals surface area contributed by atoms with Crippen LogP contribution in [0.1, 0.15) is 5.56 Å². The summed E-state index contributed by atoms with van der Waals surface area (Å²) >= 11 is 14.4. The molecule has 0 N–H and O–H groups in total. The number of hydrogen-bond acceptors (Lipinski definition) is 4. The van der Waals surface area contributed by atoms with Crippen molar-refractivity contribution in [1.82, 2.24) is 0 Å². The first-order valence-corrected chi connectivity index (χ1v) is 10.9. The van der Waals surface area contributed by atoms with Crippen LogP contribution in [0.4, 0.5) is 5.69 Å². The van der Waals surface area contributed by atoms with Gasteiger partial charge in [-0.25, -0.2) is 0 Å². The van der Waals surface area contributed by atoms with E-state index in [1.54, 1.807) is 16.7 Å². The second-order valence-electron chi connectivity index (χ2n) is 5.95. The van der Waals surface area contributed by atoms with Crippen LogP contribution >= 0.6 is 47.3 Å². The van der Waals surface area contributed by atoms with Gasteiger partial charge in [0.15, 0.2) is 4.32 Å². The molecule has 1 saturated heterocycles. The Balaban J connectivity index is 1.63. The number of thioether (sulfide) groups is 1. The zero-order chi connectivity index (χ0) is 19.5. The van der Waals surface area contributed by atoms with E-state index < -0.39 is 0 Å². The van der Waals surface area contributed by atoms with Gasteiger partial charge in [0.05, 0.1) is 10.6 Å². The SMILES string of the molecule is O=C1/C(=C\c2ccccc2Sc2ccc(Cl)cc2)SC(=S)N1c1ccccc1. The fourth-order valence-electron chi connectivity index (χ4n) is 2.73. The van der Waals surface area contributed by atoms with Crippen molar-refractivity contribution >= 4 is 69.3 Å². The summed E-state index contributed by atoms with van der Waals surface area (Å²) in [4.78, 5) is 17.3. The van der Waals surface area contributed by atoms with E-state index in [2.05, 4.69) is 0 Å². The summed E-state index contributed by atoms with van der Waals surface area (Å²) < 4.78 is 0.547. The van der Waals surface area contributed by atoms with Gasteiger partial charge in [-0.2, -0.15) is 0 Å². The highest BCUT2D eigenvalue weighted by Gasteiger charge is 2.33. The molecule has 0 unspecified atom stereocenters. The molecule has 1 fully saturated rings. The predicted octanol–water partition coefficient (Wildman–Crippen LogP) is 6.90. The van der Waals surface area contributed by atoms with Gasteiger partial charge >= 0.3 is 0 Å². The lowest BCUT2D eigenvalue weighted by Gasteiger charge is -2.13. The molecule has 0 saturated carbocycles.